The number of nitrogens with one attached hydrogen (secondary N) is 1. The van der Waals surface area contributed by atoms with Crippen LogP contribution in [0, 0.1) is 0 Å². The van der Waals surface area contributed by atoms with Crippen LogP contribution in [0.1, 0.15) is 5.56 Å². The average Bonchev–Trinajstić information content (AvgIpc) is 2.62. The summed E-state index contributed by atoms with van der Waals surface area (Å²) in [4.78, 5) is 10.9. The van der Waals surface area contributed by atoms with Crippen molar-refractivity contribution in [3.63, 3.8) is 0 Å². The van der Waals surface area contributed by atoms with Gasteiger partial charge in [0.2, 0.25) is 11.8 Å². The van der Waals surface area contributed by atoms with Gasteiger partial charge in [-0.3, -0.25) is 4.90 Å². The molecule has 23 heavy (non-hydrogen) atoms. The first-order valence-electron chi connectivity index (χ1n) is 7.86. The summed E-state index contributed by atoms with van der Waals surface area (Å²) in [6.07, 6.45) is 2.72. The van der Waals surface area contributed by atoms with E-state index in [-0.39, 0.29) is 0 Å². The minimum atomic E-state index is 0.533. The number of anilines is 2. The van der Waals surface area contributed by atoms with Gasteiger partial charge in [0.15, 0.2) is 0 Å². The molecule has 3 rings (SSSR count). The van der Waals surface area contributed by atoms with E-state index < -0.39 is 0 Å². The van der Waals surface area contributed by atoms with Crippen molar-refractivity contribution in [2.75, 3.05) is 45.3 Å². The molecular formula is C17H22N4O2. The molecule has 122 valence electrons. The molecule has 1 aliphatic rings. The smallest absolute Gasteiger partial charge is 0.230 e. The van der Waals surface area contributed by atoms with Gasteiger partial charge < -0.3 is 14.8 Å². The van der Waals surface area contributed by atoms with Crippen LogP contribution in [0.15, 0.2) is 36.5 Å². The Kier molecular flexibility index (Phi) is 5.39. The SMILES string of the molecule is COc1ccnc(Nc2ccc(CCN3CCOCC3)cc2)n1. The molecule has 1 aromatic carbocycles. The van der Waals surface area contributed by atoms with Gasteiger partial charge in [-0.15, -0.1) is 0 Å². The fourth-order valence-corrected chi connectivity index (χ4v) is 2.51. The molecule has 0 radical (unpaired) electrons. The highest BCUT2D eigenvalue weighted by Gasteiger charge is 2.09. The van der Waals surface area contributed by atoms with E-state index in [1.807, 2.05) is 0 Å². The van der Waals surface area contributed by atoms with Crippen LogP contribution in [0.4, 0.5) is 11.6 Å². The molecule has 0 atom stereocenters. The van der Waals surface area contributed by atoms with E-state index in [1.54, 1.807) is 19.4 Å². The molecular weight excluding hydrogens is 292 g/mol. The number of hydrogen-bond donors (Lipinski definition) is 1. The molecule has 0 spiro atoms. The van der Waals surface area contributed by atoms with Crippen LogP contribution in [-0.4, -0.2) is 54.8 Å². The number of ether oxygens (including phenoxy) is 2. The minimum absolute atomic E-state index is 0.533. The van der Waals surface area contributed by atoms with E-state index >= 15 is 0 Å². The third-order valence-corrected chi connectivity index (χ3v) is 3.87. The summed E-state index contributed by atoms with van der Waals surface area (Å²) in [7, 11) is 1.59. The second kappa shape index (κ2) is 7.89. The molecule has 0 saturated carbocycles. The zero-order chi connectivity index (χ0) is 15.9. The molecule has 0 unspecified atom stereocenters. The van der Waals surface area contributed by atoms with Gasteiger partial charge in [-0.1, -0.05) is 12.1 Å². The van der Waals surface area contributed by atoms with Crippen molar-refractivity contribution in [3.8, 4) is 5.88 Å². The number of benzene rings is 1. The maximum absolute atomic E-state index is 5.37. The lowest BCUT2D eigenvalue weighted by Crippen LogP contribution is -2.37. The maximum Gasteiger partial charge on any atom is 0.230 e. The van der Waals surface area contributed by atoms with Crippen LogP contribution in [-0.2, 0) is 11.2 Å². The summed E-state index contributed by atoms with van der Waals surface area (Å²) in [5.41, 5.74) is 2.29. The van der Waals surface area contributed by atoms with Crippen molar-refractivity contribution < 1.29 is 9.47 Å². The monoisotopic (exact) mass is 314 g/mol. The van der Waals surface area contributed by atoms with E-state index in [0.717, 1.165) is 45.0 Å². The van der Waals surface area contributed by atoms with Gasteiger partial charge in [0, 0.05) is 37.6 Å². The van der Waals surface area contributed by atoms with E-state index in [2.05, 4.69) is 44.5 Å². The Bertz CT molecular complexity index is 612. The van der Waals surface area contributed by atoms with E-state index in [9.17, 15) is 0 Å². The summed E-state index contributed by atoms with van der Waals surface area (Å²) in [5.74, 6) is 1.08. The highest BCUT2D eigenvalue weighted by molar-refractivity contribution is 5.53. The van der Waals surface area contributed by atoms with Crippen LogP contribution >= 0.6 is 0 Å². The number of nitrogens with zero attached hydrogens (tertiary/aromatic N) is 3. The van der Waals surface area contributed by atoms with Gasteiger partial charge in [-0.05, 0) is 24.1 Å². The molecule has 1 fully saturated rings. The third kappa shape index (κ3) is 4.64. The van der Waals surface area contributed by atoms with Gasteiger partial charge >= 0.3 is 0 Å². The topological polar surface area (TPSA) is 59.5 Å². The largest absolute Gasteiger partial charge is 0.481 e. The van der Waals surface area contributed by atoms with Gasteiger partial charge in [-0.2, -0.15) is 4.98 Å². The Morgan fingerprint density at radius 3 is 2.70 bits per heavy atom. The predicted molar refractivity (Wildman–Crippen MR) is 89.3 cm³/mol. The van der Waals surface area contributed by atoms with Crippen LogP contribution in [0.2, 0.25) is 0 Å². The van der Waals surface area contributed by atoms with Crippen LogP contribution in [0.25, 0.3) is 0 Å². The standard InChI is InChI=1S/C17H22N4O2/c1-22-16-6-8-18-17(20-16)19-15-4-2-14(3-5-15)7-9-21-10-12-23-13-11-21/h2-6,8H,7,9-13H2,1H3,(H,18,19,20). The molecule has 0 amide bonds. The maximum atomic E-state index is 5.37. The Morgan fingerprint density at radius 1 is 1.17 bits per heavy atom. The molecule has 2 heterocycles. The summed E-state index contributed by atoms with van der Waals surface area (Å²) in [5, 5.41) is 3.18. The lowest BCUT2D eigenvalue weighted by atomic mass is 10.1. The average molecular weight is 314 g/mol. The Hall–Kier alpha value is -2.18. The first-order chi connectivity index (χ1) is 11.3. The lowest BCUT2D eigenvalue weighted by Gasteiger charge is -2.26. The second-order valence-corrected chi connectivity index (χ2v) is 5.45. The van der Waals surface area contributed by atoms with Crippen LogP contribution in [0.5, 0.6) is 5.88 Å². The van der Waals surface area contributed by atoms with Crippen molar-refractivity contribution in [1.82, 2.24) is 14.9 Å². The highest BCUT2D eigenvalue weighted by Crippen LogP contribution is 2.16. The number of hydrogen-bond acceptors (Lipinski definition) is 6. The molecule has 0 aliphatic carbocycles. The minimum Gasteiger partial charge on any atom is -0.481 e. The fourth-order valence-electron chi connectivity index (χ4n) is 2.51. The van der Waals surface area contributed by atoms with Crippen molar-refractivity contribution >= 4 is 11.6 Å². The number of rotatable bonds is 6. The molecule has 1 saturated heterocycles. The molecule has 1 aliphatic heterocycles. The number of aromatic nitrogens is 2. The van der Waals surface area contributed by atoms with E-state index in [4.69, 9.17) is 9.47 Å². The third-order valence-electron chi connectivity index (χ3n) is 3.87. The summed E-state index contributed by atoms with van der Waals surface area (Å²) < 4.78 is 10.5. The van der Waals surface area contributed by atoms with Crippen molar-refractivity contribution in [3.05, 3.63) is 42.1 Å². The summed E-state index contributed by atoms with van der Waals surface area (Å²) in [6, 6.07) is 10.1. The van der Waals surface area contributed by atoms with Gasteiger partial charge in [0.25, 0.3) is 0 Å². The zero-order valence-electron chi connectivity index (χ0n) is 13.4. The van der Waals surface area contributed by atoms with Crippen LogP contribution in [0.3, 0.4) is 0 Å². The highest BCUT2D eigenvalue weighted by atomic mass is 16.5. The normalized spacial score (nSPS) is 15.3. The first-order valence-corrected chi connectivity index (χ1v) is 7.86. The van der Waals surface area contributed by atoms with Crippen molar-refractivity contribution in [2.45, 2.75) is 6.42 Å². The quantitative estimate of drug-likeness (QED) is 0.881. The van der Waals surface area contributed by atoms with Gasteiger partial charge in [-0.25, -0.2) is 4.98 Å². The Balaban J connectivity index is 1.53. The zero-order valence-corrected chi connectivity index (χ0v) is 13.4. The van der Waals surface area contributed by atoms with Crippen molar-refractivity contribution in [2.24, 2.45) is 0 Å². The number of methoxy groups -OCH3 is 1. The summed E-state index contributed by atoms with van der Waals surface area (Å²) in [6.45, 7) is 4.85. The van der Waals surface area contributed by atoms with Crippen LogP contribution < -0.4 is 10.1 Å². The lowest BCUT2D eigenvalue weighted by molar-refractivity contribution is 0.0384. The summed E-state index contributed by atoms with van der Waals surface area (Å²) >= 11 is 0. The number of morpholine rings is 1. The van der Waals surface area contributed by atoms with E-state index in [0.29, 0.717) is 11.8 Å². The van der Waals surface area contributed by atoms with Gasteiger partial charge in [0.1, 0.15) is 0 Å². The molecule has 6 heteroatoms. The fraction of sp³-hybridized carbons (Fsp3) is 0.412. The molecule has 1 aromatic heterocycles. The second-order valence-electron chi connectivity index (χ2n) is 5.45. The molecule has 1 N–H and O–H groups in total. The predicted octanol–water partition coefficient (Wildman–Crippen LogP) is 2.10. The van der Waals surface area contributed by atoms with Crippen molar-refractivity contribution in [1.29, 1.82) is 0 Å². The molecule has 0 bridgehead atoms. The Morgan fingerprint density at radius 2 is 1.96 bits per heavy atom. The Labute approximate surface area is 136 Å². The first kappa shape index (κ1) is 15.7. The molecule has 6 nitrogen and oxygen atoms in total. The van der Waals surface area contributed by atoms with Gasteiger partial charge in [0.05, 0.1) is 20.3 Å². The van der Waals surface area contributed by atoms with E-state index in [1.165, 1.54) is 5.56 Å². The molecule has 2 aromatic rings.